The van der Waals surface area contributed by atoms with E-state index in [4.69, 9.17) is 9.47 Å². The Balaban J connectivity index is 1.99. The maximum absolute atomic E-state index is 11.6. The van der Waals surface area contributed by atoms with Gasteiger partial charge in [-0.15, -0.1) is 0 Å². The fourth-order valence-electron chi connectivity index (χ4n) is 1.88. The molecule has 2 aromatic rings. The fraction of sp³-hybridized carbons (Fsp3) is 0.375. The summed E-state index contributed by atoms with van der Waals surface area (Å²) in [6.07, 6.45) is 1.97. The molecule has 1 atom stereocenters. The Morgan fingerprint density at radius 1 is 1.48 bits per heavy atom. The molecule has 0 spiro atoms. The van der Waals surface area contributed by atoms with E-state index in [2.05, 4.69) is 10.3 Å². The highest BCUT2D eigenvalue weighted by Gasteiger charge is 2.16. The lowest BCUT2D eigenvalue weighted by Crippen LogP contribution is -2.13. The number of aromatic nitrogens is 1. The van der Waals surface area contributed by atoms with Gasteiger partial charge < -0.3 is 14.6 Å². The molecule has 0 aliphatic heterocycles. The minimum Gasteiger partial charge on any atom is -0.497 e. The molecular formula is C16H20N2O4S. The van der Waals surface area contributed by atoms with Gasteiger partial charge in [-0.25, -0.2) is 9.78 Å². The number of nitrogens with zero attached hydrogens (tertiary/aromatic N) is 1. The predicted octanol–water partition coefficient (Wildman–Crippen LogP) is 3.58. The number of hydrogen-bond acceptors (Lipinski definition) is 6. The van der Waals surface area contributed by atoms with Crippen molar-refractivity contribution < 1.29 is 19.4 Å². The predicted molar refractivity (Wildman–Crippen MR) is 89.0 cm³/mol. The summed E-state index contributed by atoms with van der Waals surface area (Å²) in [4.78, 5) is 16.3. The monoisotopic (exact) mass is 336 g/mol. The Morgan fingerprint density at radius 3 is 3.04 bits per heavy atom. The molecule has 0 saturated heterocycles. The third-order valence-electron chi connectivity index (χ3n) is 3.14. The van der Waals surface area contributed by atoms with Crippen molar-refractivity contribution in [1.29, 1.82) is 0 Å². The largest absolute Gasteiger partial charge is 0.497 e. The molecular weight excluding hydrogens is 316 g/mol. The third-order valence-corrected chi connectivity index (χ3v) is 4.11. The number of rotatable bonds is 7. The van der Waals surface area contributed by atoms with E-state index in [1.165, 1.54) is 17.5 Å². The van der Waals surface area contributed by atoms with Crippen LogP contribution in [0.4, 0.5) is 9.93 Å². The molecule has 2 N–H and O–H groups in total. The van der Waals surface area contributed by atoms with Crippen molar-refractivity contribution in [3.05, 3.63) is 40.9 Å². The summed E-state index contributed by atoms with van der Waals surface area (Å²) in [6.45, 7) is 2.40. The smallest absolute Gasteiger partial charge is 0.413 e. The standard InChI is InChI=1S/C16H20N2O4S/c1-3-4-8-22-16(20)18-15-17-10-13(23-15)14(19)11-6-5-7-12(9-11)21-2/h5-7,9-10,14,19H,3-4,8H2,1-2H3,(H,17,18,20). The second-order valence-corrected chi connectivity index (χ2v) is 5.92. The number of anilines is 1. The number of benzene rings is 1. The van der Waals surface area contributed by atoms with Crippen molar-refractivity contribution in [3.8, 4) is 5.75 Å². The zero-order valence-corrected chi connectivity index (χ0v) is 13.9. The van der Waals surface area contributed by atoms with E-state index in [-0.39, 0.29) is 0 Å². The van der Waals surface area contributed by atoms with Crippen LogP contribution in [0.25, 0.3) is 0 Å². The fourth-order valence-corrected chi connectivity index (χ4v) is 2.70. The van der Waals surface area contributed by atoms with Crippen LogP contribution in [-0.4, -0.2) is 29.9 Å². The van der Waals surface area contributed by atoms with E-state index < -0.39 is 12.2 Å². The zero-order chi connectivity index (χ0) is 16.7. The van der Waals surface area contributed by atoms with Crippen LogP contribution in [-0.2, 0) is 4.74 Å². The van der Waals surface area contributed by atoms with Gasteiger partial charge in [0.15, 0.2) is 5.13 Å². The first-order valence-corrected chi connectivity index (χ1v) is 8.17. The summed E-state index contributed by atoms with van der Waals surface area (Å²) in [5.41, 5.74) is 0.699. The summed E-state index contributed by atoms with van der Waals surface area (Å²) >= 11 is 1.20. The van der Waals surface area contributed by atoms with Gasteiger partial charge in [-0.1, -0.05) is 36.8 Å². The van der Waals surface area contributed by atoms with E-state index in [1.54, 1.807) is 19.2 Å². The normalized spacial score (nSPS) is 11.8. The molecule has 23 heavy (non-hydrogen) atoms. The van der Waals surface area contributed by atoms with Crippen LogP contribution in [0.2, 0.25) is 0 Å². The number of unbranched alkanes of at least 4 members (excludes halogenated alkanes) is 1. The summed E-state index contributed by atoms with van der Waals surface area (Å²) in [5.74, 6) is 0.670. The number of ether oxygens (including phenoxy) is 2. The van der Waals surface area contributed by atoms with Crippen LogP contribution in [0.3, 0.4) is 0 Å². The number of hydrogen-bond donors (Lipinski definition) is 2. The first-order valence-electron chi connectivity index (χ1n) is 7.35. The van der Waals surface area contributed by atoms with E-state index in [0.29, 0.717) is 27.9 Å². The first kappa shape index (κ1) is 17.2. The van der Waals surface area contributed by atoms with E-state index >= 15 is 0 Å². The highest BCUT2D eigenvalue weighted by Crippen LogP contribution is 2.30. The Bertz CT molecular complexity index is 645. The number of amides is 1. The number of thiazole rings is 1. The van der Waals surface area contributed by atoms with Crippen molar-refractivity contribution in [2.24, 2.45) is 0 Å². The Labute approximate surface area is 139 Å². The van der Waals surface area contributed by atoms with Crippen LogP contribution in [0.1, 0.15) is 36.3 Å². The molecule has 1 aromatic heterocycles. The van der Waals surface area contributed by atoms with Gasteiger partial charge in [-0.2, -0.15) is 0 Å². The molecule has 1 unspecified atom stereocenters. The molecule has 1 heterocycles. The lowest BCUT2D eigenvalue weighted by molar-refractivity contribution is 0.160. The van der Waals surface area contributed by atoms with E-state index in [0.717, 1.165) is 12.8 Å². The maximum atomic E-state index is 11.6. The molecule has 2 rings (SSSR count). The van der Waals surface area contributed by atoms with Crippen molar-refractivity contribution in [2.45, 2.75) is 25.9 Å². The number of aliphatic hydroxyl groups is 1. The molecule has 0 fully saturated rings. The third kappa shape index (κ3) is 4.94. The van der Waals surface area contributed by atoms with Crippen molar-refractivity contribution >= 4 is 22.6 Å². The molecule has 6 nitrogen and oxygen atoms in total. The van der Waals surface area contributed by atoms with Crippen molar-refractivity contribution in [2.75, 3.05) is 19.0 Å². The average molecular weight is 336 g/mol. The minimum absolute atomic E-state index is 0.382. The van der Waals surface area contributed by atoms with Gasteiger partial charge in [0.25, 0.3) is 0 Å². The van der Waals surface area contributed by atoms with Gasteiger partial charge in [0, 0.05) is 6.20 Å². The van der Waals surface area contributed by atoms with Crippen molar-refractivity contribution in [3.63, 3.8) is 0 Å². The van der Waals surface area contributed by atoms with Gasteiger partial charge in [0.1, 0.15) is 11.9 Å². The molecule has 7 heteroatoms. The lowest BCUT2D eigenvalue weighted by Gasteiger charge is -2.09. The molecule has 0 bridgehead atoms. The summed E-state index contributed by atoms with van der Waals surface area (Å²) in [7, 11) is 1.57. The average Bonchev–Trinajstić information content (AvgIpc) is 3.02. The topological polar surface area (TPSA) is 80.7 Å². The number of carbonyl (C=O) groups is 1. The molecule has 0 aliphatic carbocycles. The zero-order valence-electron chi connectivity index (χ0n) is 13.1. The van der Waals surface area contributed by atoms with E-state index in [9.17, 15) is 9.90 Å². The molecule has 0 saturated carbocycles. The molecule has 1 amide bonds. The quantitative estimate of drug-likeness (QED) is 0.755. The Hall–Kier alpha value is -2.12. The lowest BCUT2D eigenvalue weighted by atomic mass is 10.1. The van der Waals surface area contributed by atoms with Gasteiger partial charge in [-0.3, -0.25) is 5.32 Å². The van der Waals surface area contributed by atoms with Crippen LogP contribution in [0.15, 0.2) is 30.5 Å². The molecule has 1 aromatic carbocycles. The van der Waals surface area contributed by atoms with Gasteiger partial charge >= 0.3 is 6.09 Å². The van der Waals surface area contributed by atoms with E-state index in [1.807, 2.05) is 19.1 Å². The summed E-state index contributed by atoms with van der Waals surface area (Å²) in [6, 6.07) is 7.18. The summed E-state index contributed by atoms with van der Waals surface area (Å²) in [5, 5.41) is 13.4. The van der Waals surface area contributed by atoms with Crippen LogP contribution in [0, 0.1) is 0 Å². The highest BCUT2D eigenvalue weighted by molar-refractivity contribution is 7.15. The first-order chi connectivity index (χ1) is 11.1. The number of carbonyl (C=O) groups excluding carboxylic acids is 1. The van der Waals surface area contributed by atoms with Crippen molar-refractivity contribution in [1.82, 2.24) is 4.98 Å². The minimum atomic E-state index is -0.825. The van der Waals surface area contributed by atoms with Crippen LogP contribution in [0.5, 0.6) is 5.75 Å². The Morgan fingerprint density at radius 2 is 2.30 bits per heavy atom. The van der Waals surface area contributed by atoms with Gasteiger partial charge in [0.05, 0.1) is 18.6 Å². The number of nitrogens with one attached hydrogen (secondary N) is 1. The molecule has 124 valence electrons. The van der Waals surface area contributed by atoms with Gasteiger partial charge in [-0.05, 0) is 24.1 Å². The number of aliphatic hydroxyl groups excluding tert-OH is 1. The molecule has 0 radical (unpaired) electrons. The van der Waals surface area contributed by atoms with Crippen LogP contribution < -0.4 is 10.1 Å². The second-order valence-electron chi connectivity index (χ2n) is 4.86. The molecule has 0 aliphatic rings. The SMILES string of the molecule is CCCCOC(=O)Nc1ncc(C(O)c2cccc(OC)c2)s1. The van der Waals surface area contributed by atoms with Gasteiger partial charge in [0.2, 0.25) is 0 Å². The highest BCUT2D eigenvalue weighted by atomic mass is 32.1. The van der Waals surface area contributed by atoms with Crippen LogP contribution >= 0.6 is 11.3 Å². The summed E-state index contributed by atoms with van der Waals surface area (Å²) < 4.78 is 10.2. The Kier molecular flexibility index (Phi) is 6.37. The second kappa shape index (κ2) is 8.50. The maximum Gasteiger partial charge on any atom is 0.413 e. The number of methoxy groups -OCH3 is 1.